The highest BCUT2D eigenvalue weighted by atomic mass is 35.5. The highest BCUT2D eigenvalue weighted by Crippen LogP contribution is 2.39. The number of halogens is 1. The Hall–Kier alpha value is -2.53. The van der Waals surface area contributed by atoms with Crippen molar-refractivity contribution in [2.75, 3.05) is 6.61 Å². The number of nitrogens with zero attached hydrogens (tertiary/aromatic N) is 2. The molecule has 0 bridgehead atoms. The Labute approximate surface area is 131 Å². The number of nitroso groups, excluding NO2 is 1. The standard InChI is InChI=1S/C16H13ClN2O3/c17-11-6-7-14-13(10-11)15(18-21)16(20)19(14)8-9-22-12-4-2-1-3-5-12/h1-7,10,20H,8-9H2. The van der Waals surface area contributed by atoms with Crippen LogP contribution in [0, 0.1) is 4.91 Å². The van der Waals surface area contributed by atoms with Crippen molar-refractivity contribution in [3.05, 3.63) is 58.5 Å². The van der Waals surface area contributed by atoms with Crippen molar-refractivity contribution in [2.45, 2.75) is 6.54 Å². The Bertz CT molecular complexity index is 815. The van der Waals surface area contributed by atoms with E-state index in [0.29, 0.717) is 29.1 Å². The first-order valence-electron chi connectivity index (χ1n) is 6.72. The molecular weight excluding hydrogens is 304 g/mol. The topological polar surface area (TPSA) is 63.8 Å². The van der Waals surface area contributed by atoms with Gasteiger partial charge in [0.15, 0.2) is 5.69 Å². The smallest absolute Gasteiger partial charge is 0.222 e. The maximum Gasteiger partial charge on any atom is 0.222 e. The molecule has 3 aromatic rings. The number of aromatic nitrogens is 1. The summed E-state index contributed by atoms with van der Waals surface area (Å²) < 4.78 is 7.20. The number of fused-ring (bicyclic) bond motifs is 1. The second-order valence-electron chi connectivity index (χ2n) is 4.74. The molecule has 0 aliphatic carbocycles. The van der Waals surface area contributed by atoms with E-state index >= 15 is 0 Å². The molecule has 0 saturated heterocycles. The summed E-state index contributed by atoms with van der Waals surface area (Å²) in [4.78, 5) is 11.0. The number of benzene rings is 2. The quantitative estimate of drug-likeness (QED) is 0.706. The van der Waals surface area contributed by atoms with Gasteiger partial charge in [-0.2, -0.15) is 0 Å². The van der Waals surface area contributed by atoms with Crippen molar-refractivity contribution in [1.29, 1.82) is 0 Å². The summed E-state index contributed by atoms with van der Waals surface area (Å²) in [5.41, 5.74) is 0.686. The summed E-state index contributed by atoms with van der Waals surface area (Å²) in [6.45, 7) is 0.733. The molecule has 0 aliphatic rings. The number of ether oxygens (including phenoxy) is 1. The maximum absolute atomic E-state index is 11.0. The second-order valence-corrected chi connectivity index (χ2v) is 5.17. The van der Waals surface area contributed by atoms with Crippen LogP contribution in [0.15, 0.2) is 53.7 Å². The Morgan fingerprint density at radius 3 is 2.68 bits per heavy atom. The molecule has 0 atom stereocenters. The average molecular weight is 317 g/mol. The monoisotopic (exact) mass is 316 g/mol. The van der Waals surface area contributed by atoms with Gasteiger partial charge in [0.2, 0.25) is 5.88 Å². The van der Waals surface area contributed by atoms with E-state index in [1.165, 1.54) is 0 Å². The lowest BCUT2D eigenvalue weighted by Gasteiger charge is -2.09. The Kier molecular flexibility index (Phi) is 3.98. The molecule has 1 N–H and O–H groups in total. The van der Waals surface area contributed by atoms with Crippen LogP contribution in [0.3, 0.4) is 0 Å². The van der Waals surface area contributed by atoms with Crippen LogP contribution >= 0.6 is 11.6 Å². The van der Waals surface area contributed by atoms with Gasteiger partial charge in [-0.05, 0) is 35.5 Å². The fraction of sp³-hybridized carbons (Fsp3) is 0.125. The maximum atomic E-state index is 11.0. The zero-order chi connectivity index (χ0) is 15.5. The summed E-state index contributed by atoms with van der Waals surface area (Å²) in [6.07, 6.45) is 0. The third-order valence-corrected chi connectivity index (χ3v) is 3.63. The van der Waals surface area contributed by atoms with Crippen molar-refractivity contribution in [3.8, 4) is 11.6 Å². The minimum absolute atomic E-state index is 0.00258. The van der Waals surface area contributed by atoms with E-state index in [-0.39, 0.29) is 11.6 Å². The molecule has 0 aliphatic heterocycles. The Morgan fingerprint density at radius 1 is 1.18 bits per heavy atom. The van der Waals surface area contributed by atoms with Crippen molar-refractivity contribution < 1.29 is 9.84 Å². The molecule has 3 rings (SSSR count). The van der Waals surface area contributed by atoms with Crippen molar-refractivity contribution in [2.24, 2.45) is 5.18 Å². The van der Waals surface area contributed by atoms with E-state index in [4.69, 9.17) is 16.3 Å². The van der Waals surface area contributed by atoms with Crippen LogP contribution in [0.5, 0.6) is 11.6 Å². The summed E-state index contributed by atoms with van der Waals surface area (Å²) >= 11 is 5.93. The fourth-order valence-corrected chi connectivity index (χ4v) is 2.56. The van der Waals surface area contributed by atoms with E-state index < -0.39 is 0 Å². The van der Waals surface area contributed by atoms with E-state index in [2.05, 4.69) is 5.18 Å². The van der Waals surface area contributed by atoms with E-state index in [9.17, 15) is 10.0 Å². The van der Waals surface area contributed by atoms with Gasteiger partial charge in [0.1, 0.15) is 12.4 Å². The molecule has 5 nitrogen and oxygen atoms in total. The van der Waals surface area contributed by atoms with Crippen LogP contribution in [-0.2, 0) is 6.54 Å². The molecule has 112 valence electrons. The lowest BCUT2D eigenvalue weighted by atomic mass is 10.2. The van der Waals surface area contributed by atoms with E-state index in [1.807, 2.05) is 30.3 Å². The lowest BCUT2D eigenvalue weighted by molar-refractivity contribution is 0.290. The van der Waals surface area contributed by atoms with Crippen LogP contribution in [0.4, 0.5) is 5.69 Å². The summed E-state index contributed by atoms with van der Waals surface area (Å²) in [5.74, 6) is 0.569. The summed E-state index contributed by atoms with van der Waals surface area (Å²) in [5, 5.41) is 14.1. The van der Waals surface area contributed by atoms with Crippen molar-refractivity contribution in [1.82, 2.24) is 4.57 Å². The first-order chi connectivity index (χ1) is 10.7. The molecule has 0 amide bonds. The largest absolute Gasteiger partial charge is 0.493 e. The highest BCUT2D eigenvalue weighted by Gasteiger charge is 2.17. The molecule has 0 saturated carbocycles. The average Bonchev–Trinajstić information content (AvgIpc) is 2.79. The van der Waals surface area contributed by atoms with Crippen LogP contribution in [0.25, 0.3) is 10.9 Å². The zero-order valence-corrected chi connectivity index (χ0v) is 12.3. The third kappa shape index (κ3) is 2.63. The normalized spacial score (nSPS) is 10.8. The van der Waals surface area contributed by atoms with Gasteiger partial charge >= 0.3 is 0 Å². The molecule has 2 aromatic carbocycles. The van der Waals surface area contributed by atoms with Crippen molar-refractivity contribution >= 4 is 28.2 Å². The van der Waals surface area contributed by atoms with Gasteiger partial charge in [-0.3, -0.25) is 0 Å². The molecule has 6 heteroatoms. The number of para-hydroxylation sites is 1. The Morgan fingerprint density at radius 2 is 1.95 bits per heavy atom. The van der Waals surface area contributed by atoms with Crippen LogP contribution in [-0.4, -0.2) is 16.3 Å². The van der Waals surface area contributed by atoms with Crippen molar-refractivity contribution in [3.63, 3.8) is 0 Å². The number of rotatable bonds is 5. The first kappa shape index (κ1) is 14.4. The lowest BCUT2D eigenvalue weighted by Crippen LogP contribution is -2.07. The zero-order valence-electron chi connectivity index (χ0n) is 11.6. The predicted molar refractivity (Wildman–Crippen MR) is 86.0 cm³/mol. The van der Waals surface area contributed by atoms with Gasteiger partial charge in [0.05, 0.1) is 12.1 Å². The second kappa shape index (κ2) is 6.07. The highest BCUT2D eigenvalue weighted by molar-refractivity contribution is 6.31. The SMILES string of the molecule is O=Nc1c(O)n(CCOc2ccccc2)c2ccc(Cl)cc12. The molecule has 0 fully saturated rings. The molecule has 0 spiro atoms. The number of hydrogen-bond acceptors (Lipinski definition) is 4. The van der Waals surface area contributed by atoms with Gasteiger partial charge in [-0.15, -0.1) is 4.91 Å². The number of aromatic hydroxyl groups is 1. The van der Waals surface area contributed by atoms with E-state index in [0.717, 1.165) is 5.75 Å². The van der Waals surface area contributed by atoms with Gasteiger partial charge < -0.3 is 14.4 Å². The minimum atomic E-state index is -0.177. The van der Waals surface area contributed by atoms with Crippen LogP contribution < -0.4 is 4.74 Å². The minimum Gasteiger partial charge on any atom is -0.493 e. The molecule has 1 heterocycles. The molecule has 0 radical (unpaired) electrons. The van der Waals surface area contributed by atoms with Gasteiger partial charge in [-0.1, -0.05) is 29.8 Å². The Balaban J connectivity index is 1.87. The predicted octanol–water partition coefficient (Wildman–Crippen LogP) is 4.48. The molecular formula is C16H13ClN2O3. The molecule has 0 unspecified atom stereocenters. The van der Waals surface area contributed by atoms with Crippen LogP contribution in [0.2, 0.25) is 5.02 Å². The first-order valence-corrected chi connectivity index (χ1v) is 7.10. The molecule has 22 heavy (non-hydrogen) atoms. The third-order valence-electron chi connectivity index (χ3n) is 3.39. The van der Waals surface area contributed by atoms with E-state index in [1.54, 1.807) is 22.8 Å². The van der Waals surface area contributed by atoms with Gasteiger partial charge in [-0.25, -0.2) is 0 Å². The van der Waals surface area contributed by atoms with Gasteiger partial charge in [0.25, 0.3) is 0 Å². The summed E-state index contributed by atoms with van der Waals surface area (Å²) in [7, 11) is 0. The number of hydrogen-bond donors (Lipinski definition) is 1. The molecule has 1 aromatic heterocycles. The summed E-state index contributed by atoms with van der Waals surface area (Å²) in [6, 6.07) is 14.4. The van der Waals surface area contributed by atoms with Crippen LogP contribution in [0.1, 0.15) is 0 Å². The fourth-order valence-electron chi connectivity index (χ4n) is 2.38. The van der Waals surface area contributed by atoms with Gasteiger partial charge in [0, 0.05) is 10.4 Å².